The molecule has 0 aliphatic heterocycles. The predicted molar refractivity (Wildman–Crippen MR) is 77.3 cm³/mol. The van der Waals surface area contributed by atoms with E-state index in [0.717, 1.165) is 5.56 Å². The van der Waals surface area contributed by atoms with E-state index in [1.807, 2.05) is 12.1 Å². The number of anilines is 1. The minimum atomic E-state index is -0.278. The monoisotopic (exact) mass is 332 g/mol. The van der Waals surface area contributed by atoms with Crippen LogP contribution in [0.2, 0.25) is 0 Å². The van der Waals surface area contributed by atoms with Gasteiger partial charge in [-0.3, -0.25) is 4.79 Å². The average molecular weight is 333 g/mol. The Morgan fingerprint density at radius 2 is 1.95 bits per heavy atom. The van der Waals surface area contributed by atoms with Crippen molar-refractivity contribution in [2.45, 2.75) is 0 Å². The molecule has 0 aliphatic rings. The molecule has 0 spiro atoms. The summed E-state index contributed by atoms with van der Waals surface area (Å²) < 4.78 is 1.74. The Balaban J connectivity index is 2.04. The van der Waals surface area contributed by atoms with Gasteiger partial charge >= 0.3 is 0 Å². The Hall–Kier alpha value is -2.48. The molecule has 0 fully saturated rings. The topological polar surface area (TPSA) is 102 Å². The maximum Gasteiger partial charge on any atom is 0.267 e. The van der Waals surface area contributed by atoms with Gasteiger partial charge in [-0.1, -0.05) is 0 Å². The molecule has 0 radical (unpaired) electrons. The van der Waals surface area contributed by atoms with Gasteiger partial charge in [0.25, 0.3) is 5.56 Å². The third kappa shape index (κ3) is 2.21. The highest BCUT2D eigenvalue weighted by atomic mass is 79.9. The van der Waals surface area contributed by atoms with Crippen molar-refractivity contribution in [3.8, 4) is 17.2 Å². The lowest BCUT2D eigenvalue weighted by Gasteiger charge is -2.00. The van der Waals surface area contributed by atoms with Gasteiger partial charge in [0, 0.05) is 11.3 Å². The molecule has 0 amide bonds. The van der Waals surface area contributed by atoms with Crippen molar-refractivity contribution in [1.82, 2.24) is 24.7 Å². The zero-order chi connectivity index (χ0) is 14.1. The van der Waals surface area contributed by atoms with E-state index >= 15 is 0 Å². The molecule has 20 heavy (non-hydrogen) atoms. The summed E-state index contributed by atoms with van der Waals surface area (Å²) in [6.45, 7) is 0. The van der Waals surface area contributed by atoms with E-state index in [0.29, 0.717) is 21.8 Å². The van der Waals surface area contributed by atoms with Crippen LogP contribution in [0.25, 0.3) is 17.2 Å². The van der Waals surface area contributed by atoms with E-state index < -0.39 is 0 Å². The van der Waals surface area contributed by atoms with Crippen molar-refractivity contribution in [1.29, 1.82) is 0 Å². The first kappa shape index (κ1) is 12.5. The molecule has 0 saturated carbocycles. The number of aromatic nitrogens is 5. The van der Waals surface area contributed by atoms with E-state index in [2.05, 4.69) is 36.0 Å². The Morgan fingerprint density at radius 3 is 2.70 bits per heavy atom. The Morgan fingerprint density at radius 1 is 1.20 bits per heavy atom. The zero-order valence-electron chi connectivity index (χ0n) is 10.1. The lowest BCUT2D eigenvalue weighted by molar-refractivity contribution is 0.829. The number of H-pyrrole nitrogens is 1. The highest BCUT2D eigenvalue weighted by Gasteiger charge is 2.11. The molecule has 8 heteroatoms. The quantitative estimate of drug-likeness (QED) is 0.690. The highest BCUT2D eigenvalue weighted by molar-refractivity contribution is 9.10. The summed E-state index contributed by atoms with van der Waals surface area (Å²) in [6, 6.07) is 7.21. The molecule has 0 atom stereocenters. The summed E-state index contributed by atoms with van der Waals surface area (Å²) in [7, 11) is 0. The average Bonchev–Trinajstić information content (AvgIpc) is 2.92. The number of benzene rings is 1. The first-order valence-electron chi connectivity index (χ1n) is 5.66. The second-order valence-corrected chi connectivity index (χ2v) is 4.80. The lowest BCUT2D eigenvalue weighted by Crippen LogP contribution is -2.12. The van der Waals surface area contributed by atoms with Crippen molar-refractivity contribution >= 4 is 21.6 Å². The second-order valence-electron chi connectivity index (χ2n) is 4.00. The summed E-state index contributed by atoms with van der Waals surface area (Å²) in [5.74, 6) is 0.905. The van der Waals surface area contributed by atoms with E-state index in [1.54, 1.807) is 12.1 Å². The standard InChI is InChI=1S/C12H9BrN6O/c13-9-11(15-5-16-12(9)20)19-6-17-10(18-19)7-1-3-8(14)4-2-7/h1-6H,14H2,(H,15,16,20). The molecule has 3 N–H and O–H groups in total. The van der Waals surface area contributed by atoms with Gasteiger partial charge in [-0.2, -0.15) is 0 Å². The van der Waals surface area contributed by atoms with Gasteiger partial charge in [0.05, 0.1) is 6.33 Å². The highest BCUT2D eigenvalue weighted by Crippen LogP contribution is 2.18. The van der Waals surface area contributed by atoms with Gasteiger partial charge in [0.1, 0.15) is 10.8 Å². The predicted octanol–water partition coefficient (Wildman–Crippen LogP) is 1.36. The Labute approximate surface area is 121 Å². The van der Waals surface area contributed by atoms with Gasteiger partial charge in [-0.15, -0.1) is 5.10 Å². The number of rotatable bonds is 2. The largest absolute Gasteiger partial charge is 0.399 e. The fourth-order valence-electron chi connectivity index (χ4n) is 1.66. The summed E-state index contributed by atoms with van der Waals surface area (Å²) >= 11 is 3.18. The van der Waals surface area contributed by atoms with Gasteiger partial charge in [0.2, 0.25) is 0 Å². The summed E-state index contributed by atoms with van der Waals surface area (Å²) in [5.41, 5.74) is 6.86. The van der Waals surface area contributed by atoms with Crippen molar-refractivity contribution in [3.63, 3.8) is 0 Å². The van der Waals surface area contributed by atoms with Crippen LogP contribution in [-0.2, 0) is 0 Å². The summed E-state index contributed by atoms with van der Waals surface area (Å²) in [4.78, 5) is 22.2. The van der Waals surface area contributed by atoms with E-state index in [1.165, 1.54) is 17.3 Å². The van der Waals surface area contributed by atoms with Crippen LogP contribution in [0.15, 0.2) is 46.2 Å². The van der Waals surface area contributed by atoms with Gasteiger partial charge in [0.15, 0.2) is 11.6 Å². The van der Waals surface area contributed by atoms with Gasteiger partial charge in [-0.25, -0.2) is 14.6 Å². The molecule has 1 aromatic carbocycles. The number of aromatic amines is 1. The van der Waals surface area contributed by atoms with Gasteiger partial charge < -0.3 is 10.7 Å². The number of hydrogen-bond donors (Lipinski definition) is 2. The number of nitrogens with two attached hydrogens (primary N) is 1. The van der Waals surface area contributed by atoms with Crippen LogP contribution < -0.4 is 11.3 Å². The number of nitrogen functional groups attached to an aromatic ring is 1. The first-order valence-corrected chi connectivity index (χ1v) is 6.45. The van der Waals surface area contributed by atoms with Crippen molar-refractivity contribution in [3.05, 3.63) is 51.7 Å². The Kier molecular flexibility index (Phi) is 3.07. The van der Waals surface area contributed by atoms with Crippen LogP contribution in [0.1, 0.15) is 0 Å². The first-order chi connectivity index (χ1) is 9.65. The molecule has 7 nitrogen and oxygen atoms in total. The van der Waals surface area contributed by atoms with Crippen molar-refractivity contribution in [2.24, 2.45) is 0 Å². The fraction of sp³-hybridized carbons (Fsp3) is 0. The molecular formula is C12H9BrN6O. The van der Waals surface area contributed by atoms with Gasteiger partial charge in [-0.05, 0) is 40.2 Å². The van der Waals surface area contributed by atoms with Crippen LogP contribution in [0.3, 0.4) is 0 Å². The van der Waals surface area contributed by atoms with Crippen LogP contribution in [0.4, 0.5) is 5.69 Å². The van der Waals surface area contributed by atoms with Crippen LogP contribution in [0.5, 0.6) is 0 Å². The van der Waals surface area contributed by atoms with Crippen molar-refractivity contribution in [2.75, 3.05) is 5.73 Å². The number of nitrogens with one attached hydrogen (secondary N) is 1. The third-order valence-corrected chi connectivity index (χ3v) is 3.37. The molecule has 0 aliphatic carbocycles. The van der Waals surface area contributed by atoms with Crippen LogP contribution in [-0.4, -0.2) is 24.7 Å². The summed E-state index contributed by atoms with van der Waals surface area (Å²) in [5, 5.41) is 4.30. The molecule has 3 aromatic rings. The minimum absolute atomic E-state index is 0.278. The SMILES string of the molecule is Nc1ccc(-c2ncn(-c3nc[nH]c(=O)c3Br)n2)cc1. The summed E-state index contributed by atoms with van der Waals surface area (Å²) in [6.07, 6.45) is 2.81. The number of nitrogens with zero attached hydrogens (tertiary/aromatic N) is 4. The maximum absolute atomic E-state index is 11.5. The normalized spacial score (nSPS) is 10.7. The molecule has 2 heterocycles. The van der Waals surface area contributed by atoms with E-state index in [9.17, 15) is 4.79 Å². The Bertz CT molecular complexity index is 807. The van der Waals surface area contributed by atoms with E-state index in [4.69, 9.17) is 5.73 Å². The molecule has 3 rings (SSSR count). The third-order valence-electron chi connectivity index (χ3n) is 2.66. The minimum Gasteiger partial charge on any atom is -0.399 e. The molecule has 2 aromatic heterocycles. The van der Waals surface area contributed by atoms with Crippen LogP contribution in [0, 0.1) is 0 Å². The number of hydrogen-bond acceptors (Lipinski definition) is 5. The number of halogens is 1. The molecule has 100 valence electrons. The molecular weight excluding hydrogens is 324 g/mol. The van der Waals surface area contributed by atoms with Crippen molar-refractivity contribution < 1.29 is 0 Å². The molecule has 0 bridgehead atoms. The maximum atomic E-state index is 11.5. The zero-order valence-corrected chi connectivity index (χ0v) is 11.7. The molecule has 0 unspecified atom stereocenters. The second kappa shape index (κ2) is 4.89. The fourth-order valence-corrected chi connectivity index (χ4v) is 2.06. The lowest BCUT2D eigenvalue weighted by atomic mass is 10.2. The van der Waals surface area contributed by atoms with Crippen LogP contribution >= 0.6 is 15.9 Å². The van der Waals surface area contributed by atoms with E-state index in [-0.39, 0.29) is 5.56 Å². The smallest absolute Gasteiger partial charge is 0.267 e. The molecule has 0 saturated heterocycles.